The van der Waals surface area contributed by atoms with Gasteiger partial charge in [-0.05, 0) is 25.8 Å². The number of amides is 1. The molecule has 0 aromatic carbocycles. The molecule has 2 aromatic heterocycles. The number of hydrogen-bond acceptors (Lipinski definition) is 6. The summed E-state index contributed by atoms with van der Waals surface area (Å²) in [4.78, 5) is 19.3. The van der Waals surface area contributed by atoms with Gasteiger partial charge in [-0.3, -0.25) is 9.48 Å². The molecule has 0 saturated carbocycles. The summed E-state index contributed by atoms with van der Waals surface area (Å²) in [5.41, 5.74) is 1.47. The lowest BCUT2D eigenvalue weighted by Crippen LogP contribution is -2.45. The monoisotopic (exact) mass is 348 g/mol. The van der Waals surface area contributed by atoms with Crippen LogP contribution in [0.2, 0.25) is 0 Å². The third kappa shape index (κ3) is 3.58. The van der Waals surface area contributed by atoms with Crippen LogP contribution in [-0.2, 0) is 7.05 Å². The van der Waals surface area contributed by atoms with E-state index in [4.69, 9.17) is 0 Å². The molecule has 1 saturated heterocycles. The number of aryl methyl sites for hydroxylation is 2. The van der Waals surface area contributed by atoms with E-state index in [0.29, 0.717) is 11.6 Å². The van der Waals surface area contributed by atoms with Crippen LogP contribution in [0.3, 0.4) is 0 Å². The second-order valence-corrected chi connectivity index (χ2v) is 7.35. The molecule has 1 N–H and O–H groups in total. The highest BCUT2D eigenvalue weighted by Gasteiger charge is 2.24. The van der Waals surface area contributed by atoms with Crippen molar-refractivity contribution in [3.05, 3.63) is 23.3 Å². The van der Waals surface area contributed by atoms with Gasteiger partial charge < -0.3 is 10.2 Å². The molecule has 1 aliphatic rings. The van der Waals surface area contributed by atoms with Gasteiger partial charge in [0.1, 0.15) is 11.5 Å². The maximum absolute atomic E-state index is 12.4. The van der Waals surface area contributed by atoms with E-state index in [1.807, 2.05) is 13.0 Å². The first-order chi connectivity index (χ1) is 11.4. The number of aromatic nitrogens is 4. The zero-order valence-electron chi connectivity index (χ0n) is 14.6. The minimum absolute atomic E-state index is 0.0467. The van der Waals surface area contributed by atoms with Gasteiger partial charge in [0.25, 0.3) is 5.91 Å². The van der Waals surface area contributed by atoms with Crippen LogP contribution >= 0.6 is 11.5 Å². The summed E-state index contributed by atoms with van der Waals surface area (Å²) in [5, 5.41) is 8.34. The molecule has 1 amide bonds. The van der Waals surface area contributed by atoms with Crippen LogP contribution in [0.15, 0.2) is 6.07 Å². The Hall–Kier alpha value is -1.96. The van der Waals surface area contributed by atoms with Crippen molar-refractivity contribution in [2.75, 3.05) is 18.0 Å². The van der Waals surface area contributed by atoms with Gasteiger partial charge in [-0.25, -0.2) is 4.98 Å². The van der Waals surface area contributed by atoms with Crippen molar-refractivity contribution in [3.8, 4) is 0 Å². The second kappa shape index (κ2) is 6.88. The number of carbonyl (C=O) groups excluding carboxylic acids is 1. The molecule has 3 heterocycles. The standard InChI is InChI=1S/C16H24N6OS/c1-10(2)14-18-16(24-20-14)22-7-5-12(6-8-22)17-15(23)13-9-11(3)19-21(13)4/h9-10,12H,5-8H2,1-4H3,(H,17,23). The first kappa shape index (κ1) is 16.9. The number of carbonyl (C=O) groups is 1. The maximum Gasteiger partial charge on any atom is 0.269 e. The summed E-state index contributed by atoms with van der Waals surface area (Å²) in [6, 6.07) is 2.01. The van der Waals surface area contributed by atoms with E-state index in [0.717, 1.165) is 42.6 Å². The van der Waals surface area contributed by atoms with Crippen LogP contribution in [0.1, 0.15) is 54.6 Å². The lowest BCUT2D eigenvalue weighted by atomic mass is 10.1. The van der Waals surface area contributed by atoms with Crippen molar-refractivity contribution in [1.82, 2.24) is 24.5 Å². The highest BCUT2D eigenvalue weighted by molar-refractivity contribution is 7.09. The largest absolute Gasteiger partial charge is 0.348 e. The molecule has 0 atom stereocenters. The first-order valence-corrected chi connectivity index (χ1v) is 9.11. The van der Waals surface area contributed by atoms with Crippen LogP contribution in [0, 0.1) is 6.92 Å². The Kier molecular flexibility index (Phi) is 4.84. The Balaban J connectivity index is 1.55. The van der Waals surface area contributed by atoms with Crippen molar-refractivity contribution >= 4 is 22.6 Å². The molecular formula is C16H24N6OS. The normalized spacial score (nSPS) is 16.0. The minimum Gasteiger partial charge on any atom is -0.348 e. The highest BCUT2D eigenvalue weighted by atomic mass is 32.1. The van der Waals surface area contributed by atoms with Gasteiger partial charge in [0.05, 0.1) is 5.69 Å². The lowest BCUT2D eigenvalue weighted by molar-refractivity contribution is 0.0921. The number of piperidine rings is 1. The molecule has 0 radical (unpaired) electrons. The van der Waals surface area contributed by atoms with Gasteiger partial charge in [-0.1, -0.05) is 13.8 Å². The molecule has 2 aromatic rings. The first-order valence-electron chi connectivity index (χ1n) is 8.34. The third-order valence-electron chi connectivity index (χ3n) is 4.28. The summed E-state index contributed by atoms with van der Waals surface area (Å²) >= 11 is 1.47. The van der Waals surface area contributed by atoms with Crippen LogP contribution in [0.5, 0.6) is 0 Å². The van der Waals surface area contributed by atoms with E-state index < -0.39 is 0 Å². The fourth-order valence-electron chi connectivity index (χ4n) is 2.89. The SMILES string of the molecule is Cc1cc(C(=O)NC2CCN(c3nc(C(C)C)ns3)CC2)n(C)n1. The van der Waals surface area contributed by atoms with E-state index in [-0.39, 0.29) is 11.9 Å². The molecule has 0 aliphatic carbocycles. The summed E-state index contributed by atoms with van der Waals surface area (Å²) in [6.45, 7) is 7.88. The summed E-state index contributed by atoms with van der Waals surface area (Å²) in [5.74, 6) is 1.22. The number of anilines is 1. The van der Waals surface area contributed by atoms with Gasteiger partial charge in [-0.2, -0.15) is 9.47 Å². The number of nitrogens with one attached hydrogen (secondary N) is 1. The number of hydrogen-bond donors (Lipinski definition) is 1. The van der Waals surface area contributed by atoms with Gasteiger partial charge in [0.2, 0.25) is 5.13 Å². The lowest BCUT2D eigenvalue weighted by Gasteiger charge is -2.31. The molecule has 24 heavy (non-hydrogen) atoms. The molecule has 0 unspecified atom stereocenters. The van der Waals surface area contributed by atoms with Crippen molar-refractivity contribution in [1.29, 1.82) is 0 Å². The number of rotatable bonds is 4. The highest BCUT2D eigenvalue weighted by Crippen LogP contribution is 2.24. The molecule has 8 heteroatoms. The Bertz CT molecular complexity index is 714. The molecule has 7 nitrogen and oxygen atoms in total. The summed E-state index contributed by atoms with van der Waals surface area (Å²) in [6.07, 6.45) is 1.83. The van der Waals surface area contributed by atoms with Crippen LogP contribution in [0.4, 0.5) is 5.13 Å². The third-order valence-corrected chi connectivity index (χ3v) is 5.07. The second-order valence-electron chi connectivity index (χ2n) is 6.62. The van der Waals surface area contributed by atoms with Crippen molar-refractivity contribution in [2.24, 2.45) is 7.05 Å². The zero-order chi connectivity index (χ0) is 17.3. The molecule has 1 fully saturated rings. The predicted octanol–water partition coefficient (Wildman–Crippen LogP) is 2.10. The molecule has 0 spiro atoms. The smallest absolute Gasteiger partial charge is 0.269 e. The molecular weight excluding hydrogens is 324 g/mol. The molecule has 3 rings (SSSR count). The van der Waals surface area contributed by atoms with Crippen LogP contribution in [-0.4, -0.2) is 44.2 Å². The molecule has 1 aliphatic heterocycles. The number of nitrogens with zero attached hydrogens (tertiary/aromatic N) is 5. The van der Waals surface area contributed by atoms with Crippen LogP contribution in [0.25, 0.3) is 0 Å². The van der Waals surface area contributed by atoms with E-state index >= 15 is 0 Å². The fraction of sp³-hybridized carbons (Fsp3) is 0.625. The van der Waals surface area contributed by atoms with Crippen molar-refractivity contribution in [2.45, 2.75) is 45.6 Å². The topological polar surface area (TPSA) is 75.9 Å². The Morgan fingerprint density at radius 1 is 1.38 bits per heavy atom. The Morgan fingerprint density at radius 2 is 2.08 bits per heavy atom. The van der Waals surface area contributed by atoms with Crippen molar-refractivity contribution in [3.63, 3.8) is 0 Å². The molecule has 0 bridgehead atoms. The Labute approximate surface area is 146 Å². The summed E-state index contributed by atoms with van der Waals surface area (Å²) in [7, 11) is 1.80. The minimum atomic E-state index is -0.0467. The van der Waals surface area contributed by atoms with E-state index in [9.17, 15) is 4.79 Å². The van der Waals surface area contributed by atoms with Gasteiger partial charge >= 0.3 is 0 Å². The van der Waals surface area contributed by atoms with Crippen LogP contribution < -0.4 is 10.2 Å². The van der Waals surface area contributed by atoms with Gasteiger partial charge in [0, 0.05) is 43.6 Å². The van der Waals surface area contributed by atoms with Gasteiger partial charge in [0.15, 0.2) is 0 Å². The van der Waals surface area contributed by atoms with E-state index in [2.05, 4.69) is 38.5 Å². The summed E-state index contributed by atoms with van der Waals surface area (Å²) < 4.78 is 6.05. The van der Waals surface area contributed by atoms with E-state index in [1.165, 1.54) is 11.5 Å². The zero-order valence-corrected chi connectivity index (χ0v) is 15.4. The molecule has 130 valence electrons. The Morgan fingerprint density at radius 3 is 2.62 bits per heavy atom. The van der Waals surface area contributed by atoms with E-state index in [1.54, 1.807) is 11.7 Å². The average Bonchev–Trinajstić information content (AvgIpc) is 3.15. The average molecular weight is 348 g/mol. The quantitative estimate of drug-likeness (QED) is 0.916. The van der Waals surface area contributed by atoms with Gasteiger partial charge in [-0.15, -0.1) is 0 Å². The predicted molar refractivity (Wildman–Crippen MR) is 94.6 cm³/mol. The maximum atomic E-state index is 12.4. The van der Waals surface area contributed by atoms with Crippen molar-refractivity contribution < 1.29 is 4.79 Å². The fourth-order valence-corrected chi connectivity index (χ4v) is 3.75.